The second-order valence-electron chi connectivity index (χ2n) is 3.71. The Hall–Kier alpha value is -1.93. The number of anilines is 1. The smallest absolute Gasteiger partial charge is 0.107 e. The van der Waals surface area contributed by atoms with Gasteiger partial charge in [-0.05, 0) is 18.4 Å². The van der Waals surface area contributed by atoms with E-state index in [1.807, 2.05) is 30.7 Å². The summed E-state index contributed by atoms with van der Waals surface area (Å²) in [5, 5.41) is 12.5. The highest BCUT2D eigenvalue weighted by molar-refractivity contribution is 7.98. The van der Waals surface area contributed by atoms with E-state index < -0.39 is 0 Å². The number of rotatable bonds is 5. The standard InChI is InChI=1S/C13H14N4S/c1-18-12-4-2-3-11(10(12)9-14)15-6-5-13-16-7-8-17-13/h2-4,7-8,15H,5-6H2,1H3,(H,16,17). The third-order valence-electron chi connectivity index (χ3n) is 2.59. The number of nitriles is 1. The first kappa shape index (κ1) is 12.5. The van der Waals surface area contributed by atoms with Gasteiger partial charge in [-0.1, -0.05) is 6.07 Å². The molecule has 0 amide bonds. The van der Waals surface area contributed by atoms with Crippen molar-refractivity contribution in [1.29, 1.82) is 5.26 Å². The summed E-state index contributed by atoms with van der Waals surface area (Å²) in [4.78, 5) is 8.21. The molecule has 0 fully saturated rings. The van der Waals surface area contributed by atoms with Crippen LogP contribution in [0.15, 0.2) is 35.5 Å². The summed E-state index contributed by atoms with van der Waals surface area (Å²) >= 11 is 1.58. The van der Waals surface area contributed by atoms with Crippen molar-refractivity contribution in [3.05, 3.63) is 42.0 Å². The van der Waals surface area contributed by atoms with Gasteiger partial charge in [0.05, 0.1) is 11.3 Å². The molecule has 0 saturated heterocycles. The van der Waals surface area contributed by atoms with Crippen LogP contribution in [-0.4, -0.2) is 22.8 Å². The highest BCUT2D eigenvalue weighted by atomic mass is 32.2. The molecule has 18 heavy (non-hydrogen) atoms. The number of aromatic nitrogens is 2. The molecular formula is C13H14N4S. The van der Waals surface area contributed by atoms with Gasteiger partial charge in [0.2, 0.25) is 0 Å². The Balaban J connectivity index is 2.03. The van der Waals surface area contributed by atoms with Crippen molar-refractivity contribution >= 4 is 17.4 Å². The SMILES string of the molecule is CSc1cccc(NCCc2ncc[nH]2)c1C#N. The number of H-pyrrole nitrogens is 1. The molecule has 4 nitrogen and oxygen atoms in total. The molecule has 5 heteroatoms. The third-order valence-corrected chi connectivity index (χ3v) is 3.37. The molecular weight excluding hydrogens is 244 g/mol. The lowest BCUT2D eigenvalue weighted by molar-refractivity contribution is 0.926. The molecule has 0 aliphatic heterocycles. The Kier molecular flexibility index (Phi) is 4.26. The van der Waals surface area contributed by atoms with Crippen LogP contribution in [0.3, 0.4) is 0 Å². The fourth-order valence-corrected chi connectivity index (χ4v) is 2.29. The lowest BCUT2D eigenvalue weighted by Gasteiger charge is -2.09. The van der Waals surface area contributed by atoms with Crippen molar-refractivity contribution in [2.45, 2.75) is 11.3 Å². The first-order chi connectivity index (χ1) is 8.85. The second kappa shape index (κ2) is 6.12. The minimum absolute atomic E-state index is 0.712. The minimum atomic E-state index is 0.712. The van der Waals surface area contributed by atoms with Gasteiger partial charge in [-0.2, -0.15) is 5.26 Å². The highest BCUT2D eigenvalue weighted by Crippen LogP contribution is 2.26. The molecule has 1 aromatic heterocycles. The normalized spacial score (nSPS) is 10.0. The zero-order valence-electron chi connectivity index (χ0n) is 10.1. The summed E-state index contributed by atoms with van der Waals surface area (Å²) in [5.41, 5.74) is 1.60. The molecule has 0 aliphatic rings. The van der Waals surface area contributed by atoms with E-state index in [1.54, 1.807) is 18.0 Å². The van der Waals surface area contributed by atoms with Gasteiger partial charge >= 0.3 is 0 Å². The van der Waals surface area contributed by atoms with E-state index in [2.05, 4.69) is 21.4 Å². The number of benzene rings is 1. The van der Waals surface area contributed by atoms with Crippen LogP contribution in [0.25, 0.3) is 0 Å². The summed E-state index contributed by atoms with van der Waals surface area (Å²) in [7, 11) is 0. The van der Waals surface area contributed by atoms with E-state index >= 15 is 0 Å². The minimum Gasteiger partial charge on any atom is -0.383 e. The number of nitrogens with zero attached hydrogens (tertiary/aromatic N) is 2. The molecule has 0 spiro atoms. The Morgan fingerprint density at radius 1 is 1.50 bits per heavy atom. The first-order valence-corrected chi connectivity index (χ1v) is 6.87. The predicted molar refractivity (Wildman–Crippen MR) is 73.7 cm³/mol. The first-order valence-electron chi connectivity index (χ1n) is 5.64. The van der Waals surface area contributed by atoms with Crippen LogP contribution in [0, 0.1) is 11.3 Å². The van der Waals surface area contributed by atoms with Crippen LogP contribution in [0.2, 0.25) is 0 Å². The molecule has 0 saturated carbocycles. The lowest BCUT2D eigenvalue weighted by Crippen LogP contribution is -2.07. The summed E-state index contributed by atoms with van der Waals surface area (Å²) in [6, 6.07) is 8.10. The van der Waals surface area contributed by atoms with E-state index in [0.717, 1.165) is 29.4 Å². The van der Waals surface area contributed by atoms with Crippen molar-refractivity contribution < 1.29 is 0 Å². The number of imidazole rings is 1. The molecule has 1 aromatic carbocycles. The molecule has 2 N–H and O–H groups in total. The van der Waals surface area contributed by atoms with Crippen molar-refractivity contribution in [2.75, 3.05) is 18.1 Å². The van der Waals surface area contributed by atoms with Crippen molar-refractivity contribution in [2.24, 2.45) is 0 Å². The van der Waals surface area contributed by atoms with E-state index in [4.69, 9.17) is 0 Å². The van der Waals surface area contributed by atoms with Gasteiger partial charge in [0.15, 0.2) is 0 Å². The Morgan fingerprint density at radius 3 is 3.06 bits per heavy atom. The van der Waals surface area contributed by atoms with Crippen molar-refractivity contribution in [3.63, 3.8) is 0 Å². The molecule has 2 rings (SSSR count). The van der Waals surface area contributed by atoms with Crippen LogP contribution in [0.5, 0.6) is 0 Å². The highest BCUT2D eigenvalue weighted by Gasteiger charge is 2.06. The van der Waals surface area contributed by atoms with Gasteiger partial charge in [-0.15, -0.1) is 11.8 Å². The topological polar surface area (TPSA) is 64.5 Å². The maximum atomic E-state index is 9.19. The summed E-state index contributed by atoms with van der Waals surface area (Å²) < 4.78 is 0. The molecule has 0 radical (unpaired) electrons. The molecule has 2 aromatic rings. The van der Waals surface area contributed by atoms with Crippen molar-refractivity contribution in [1.82, 2.24) is 9.97 Å². The van der Waals surface area contributed by atoms with Gasteiger partial charge in [-0.25, -0.2) is 4.98 Å². The van der Waals surface area contributed by atoms with Gasteiger partial charge in [0.1, 0.15) is 11.9 Å². The third kappa shape index (κ3) is 2.84. The Morgan fingerprint density at radius 2 is 2.39 bits per heavy atom. The van der Waals surface area contributed by atoms with Crippen LogP contribution in [0.1, 0.15) is 11.4 Å². The lowest BCUT2D eigenvalue weighted by atomic mass is 10.2. The molecule has 92 valence electrons. The van der Waals surface area contributed by atoms with Crippen molar-refractivity contribution in [3.8, 4) is 6.07 Å². The average Bonchev–Trinajstić information content (AvgIpc) is 2.91. The summed E-state index contributed by atoms with van der Waals surface area (Å²) in [6.45, 7) is 0.750. The van der Waals surface area contributed by atoms with Crippen LogP contribution < -0.4 is 5.32 Å². The molecule has 1 heterocycles. The monoisotopic (exact) mass is 258 g/mol. The second-order valence-corrected chi connectivity index (χ2v) is 4.56. The quantitative estimate of drug-likeness (QED) is 0.809. The van der Waals surface area contributed by atoms with E-state index in [-0.39, 0.29) is 0 Å². The molecule has 0 bridgehead atoms. The molecule has 0 unspecified atom stereocenters. The maximum Gasteiger partial charge on any atom is 0.107 e. The van der Waals surface area contributed by atoms with Gasteiger partial charge in [-0.3, -0.25) is 0 Å². The summed E-state index contributed by atoms with van der Waals surface area (Å²) in [5.74, 6) is 0.946. The number of thioether (sulfide) groups is 1. The maximum absolute atomic E-state index is 9.19. The van der Waals surface area contributed by atoms with E-state index in [1.165, 1.54) is 0 Å². The molecule has 0 aliphatic carbocycles. The van der Waals surface area contributed by atoms with E-state index in [9.17, 15) is 5.26 Å². The number of hydrogen-bond donors (Lipinski definition) is 2. The largest absolute Gasteiger partial charge is 0.383 e. The van der Waals surface area contributed by atoms with Crippen LogP contribution in [0.4, 0.5) is 5.69 Å². The Labute approximate surface area is 110 Å². The number of nitrogens with one attached hydrogen (secondary N) is 2. The summed E-state index contributed by atoms with van der Waals surface area (Å²) in [6.07, 6.45) is 6.33. The molecule has 0 atom stereocenters. The van der Waals surface area contributed by atoms with Gasteiger partial charge in [0.25, 0.3) is 0 Å². The predicted octanol–water partition coefficient (Wildman–Crippen LogP) is 2.66. The van der Waals surface area contributed by atoms with E-state index in [0.29, 0.717) is 5.56 Å². The Bertz CT molecular complexity index is 543. The van der Waals surface area contributed by atoms with Crippen LogP contribution >= 0.6 is 11.8 Å². The fraction of sp³-hybridized carbons (Fsp3) is 0.231. The zero-order chi connectivity index (χ0) is 12.8. The van der Waals surface area contributed by atoms with Gasteiger partial charge < -0.3 is 10.3 Å². The van der Waals surface area contributed by atoms with Gasteiger partial charge in [0, 0.05) is 30.3 Å². The fourth-order valence-electron chi connectivity index (χ4n) is 1.71. The average molecular weight is 258 g/mol. The number of hydrogen-bond acceptors (Lipinski definition) is 4. The number of aromatic amines is 1. The zero-order valence-corrected chi connectivity index (χ0v) is 10.9. The van der Waals surface area contributed by atoms with Crippen LogP contribution in [-0.2, 0) is 6.42 Å².